The Balaban J connectivity index is 1.48. The Morgan fingerprint density at radius 1 is 0.897 bits per heavy atom. The molecule has 150 valence electrons. The lowest BCUT2D eigenvalue weighted by molar-refractivity contribution is 0.102. The smallest absolute Gasteiger partial charge is 0.255 e. The summed E-state index contributed by atoms with van der Waals surface area (Å²) in [4.78, 5) is 12.5. The van der Waals surface area contributed by atoms with E-state index in [0.717, 1.165) is 24.3 Å². The summed E-state index contributed by atoms with van der Waals surface area (Å²) in [5, 5.41) is 2.90. The van der Waals surface area contributed by atoms with Crippen molar-refractivity contribution in [3.8, 4) is 11.5 Å². The van der Waals surface area contributed by atoms with Gasteiger partial charge in [0.1, 0.15) is 11.5 Å². The van der Waals surface area contributed by atoms with Gasteiger partial charge in [-0.1, -0.05) is 36.4 Å². The highest BCUT2D eigenvalue weighted by Gasteiger charge is 2.08. The van der Waals surface area contributed by atoms with Gasteiger partial charge in [-0.3, -0.25) is 4.79 Å². The molecule has 0 atom stereocenters. The summed E-state index contributed by atoms with van der Waals surface area (Å²) in [6.07, 6.45) is 2.01. The molecule has 0 bridgehead atoms. The van der Waals surface area contributed by atoms with Gasteiger partial charge in [0.05, 0.1) is 12.7 Å². The van der Waals surface area contributed by atoms with Crippen LogP contribution in [-0.2, 0) is 6.42 Å². The molecular weight excluding hydrogens is 362 g/mol. The molecule has 0 unspecified atom stereocenters. The number of rotatable bonds is 9. The van der Waals surface area contributed by atoms with Gasteiger partial charge >= 0.3 is 0 Å². The zero-order valence-electron chi connectivity index (χ0n) is 16.9. The van der Waals surface area contributed by atoms with E-state index in [1.54, 1.807) is 12.1 Å². The van der Waals surface area contributed by atoms with Crippen LogP contribution in [0.3, 0.4) is 0 Å². The zero-order valence-corrected chi connectivity index (χ0v) is 16.9. The summed E-state index contributed by atoms with van der Waals surface area (Å²) >= 11 is 0. The van der Waals surface area contributed by atoms with Crippen LogP contribution in [0.25, 0.3) is 0 Å². The molecule has 4 heteroatoms. The molecule has 1 N–H and O–H groups in total. The Labute approximate surface area is 172 Å². The first kappa shape index (κ1) is 20.5. The maximum Gasteiger partial charge on any atom is 0.255 e. The second kappa shape index (κ2) is 10.3. The molecule has 0 fully saturated rings. The van der Waals surface area contributed by atoms with Crippen LogP contribution < -0.4 is 14.8 Å². The number of aryl methyl sites for hydroxylation is 1. The number of amides is 1. The topological polar surface area (TPSA) is 47.6 Å². The van der Waals surface area contributed by atoms with E-state index in [-0.39, 0.29) is 12.0 Å². The van der Waals surface area contributed by atoms with Crippen molar-refractivity contribution in [1.82, 2.24) is 0 Å². The lowest BCUT2D eigenvalue weighted by Crippen LogP contribution is -2.12. The number of carbonyl (C=O) groups excluding carboxylic acids is 1. The van der Waals surface area contributed by atoms with Crippen LogP contribution in [0.1, 0.15) is 36.2 Å². The average Bonchev–Trinajstić information content (AvgIpc) is 2.73. The van der Waals surface area contributed by atoms with E-state index in [1.807, 2.05) is 56.3 Å². The quantitative estimate of drug-likeness (QED) is 0.475. The summed E-state index contributed by atoms with van der Waals surface area (Å²) in [6, 6.07) is 25.0. The van der Waals surface area contributed by atoms with E-state index < -0.39 is 0 Å². The highest BCUT2D eigenvalue weighted by Crippen LogP contribution is 2.19. The Morgan fingerprint density at radius 3 is 2.38 bits per heavy atom. The number of nitrogens with one attached hydrogen (secondary N) is 1. The molecule has 0 saturated heterocycles. The maximum absolute atomic E-state index is 12.5. The molecule has 0 aromatic heterocycles. The van der Waals surface area contributed by atoms with Crippen molar-refractivity contribution in [2.24, 2.45) is 0 Å². The van der Waals surface area contributed by atoms with E-state index in [0.29, 0.717) is 17.9 Å². The molecule has 29 heavy (non-hydrogen) atoms. The van der Waals surface area contributed by atoms with Gasteiger partial charge in [-0.25, -0.2) is 0 Å². The number of ether oxygens (including phenoxy) is 2. The first-order valence-electron chi connectivity index (χ1n) is 9.95. The number of carbonyl (C=O) groups is 1. The summed E-state index contributed by atoms with van der Waals surface area (Å²) in [7, 11) is 0. The van der Waals surface area contributed by atoms with Gasteiger partial charge in [0.2, 0.25) is 0 Å². The Kier molecular flexibility index (Phi) is 7.28. The van der Waals surface area contributed by atoms with Gasteiger partial charge < -0.3 is 14.8 Å². The lowest BCUT2D eigenvalue weighted by atomic mass is 10.1. The minimum Gasteiger partial charge on any atom is -0.494 e. The van der Waals surface area contributed by atoms with E-state index >= 15 is 0 Å². The highest BCUT2D eigenvalue weighted by atomic mass is 16.5. The molecule has 3 aromatic carbocycles. The van der Waals surface area contributed by atoms with Crippen molar-refractivity contribution < 1.29 is 14.3 Å². The van der Waals surface area contributed by atoms with Gasteiger partial charge in [0.25, 0.3) is 5.91 Å². The van der Waals surface area contributed by atoms with Crippen LogP contribution in [0.2, 0.25) is 0 Å². The van der Waals surface area contributed by atoms with Crippen molar-refractivity contribution in [2.45, 2.75) is 32.8 Å². The third-order valence-corrected chi connectivity index (χ3v) is 4.30. The van der Waals surface area contributed by atoms with Crippen LogP contribution in [-0.4, -0.2) is 18.6 Å². The van der Waals surface area contributed by atoms with Gasteiger partial charge in [-0.05, 0) is 74.7 Å². The van der Waals surface area contributed by atoms with Gasteiger partial charge in [0.15, 0.2) is 0 Å². The molecule has 0 saturated carbocycles. The predicted molar refractivity (Wildman–Crippen MR) is 117 cm³/mol. The SMILES string of the molecule is CC(C)Oc1cccc(C(=O)Nc2ccc(OCCCc3ccccc3)cc2)c1. The van der Waals surface area contributed by atoms with Gasteiger partial charge in [0, 0.05) is 11.3 Å². The van der Waals surface area contributed by atoms with Crippen LogP contribution in [0.15, 0.2) is 78.9 Å². The maximum atomic E-state index is 12.5. The molecule has 0 radical (unpaired) electrons. The van der Waals surface area contributed by atoms with E-state index in [2.05, 4.69) is 29.6 Å². The standard InChI is InChI=1S/C25H27NO3/c1-19(2)29-24-12-6-11-21(18-24)25(27)26-22-13-15-23(16-14-22)28-17-7-10-20-8-4-3-5-9-20/h3-6,8-9,11-16,18-19H,7,10,17H2,1-2H3,(H,26,27). The van der Waals surface area contributed by atoms with Crippen LogP contribution in [0.5, 0.6) is 11.5 Å². The number of hydrogen-bond donors (Lipinski definition) is 1. The Morgan fingerprint density at radius 2 is 1.66 bits per heavy atom. The molecule has 4 nitrogen and oxygen atoms in total. The van der Waals surface area contributed by atoms with Crippen molar-refractivity contribution in [1.29, 1.82) is 0 Å². The molecule has 3 rings (SSSR count). The second-order valence-corrected chi connectivity index (χ2v) is 7.11. The molecule has 0 spiro atoms. The third-order valence-electron chi connectivity index (χ3n) is 4.30. The molecule has 3 aromatic rings. The first-order chi connectivity index (χ1) is 14.1. The molecule has 0 heterocycles. The van der Waals surface area contributed by atoms with E-state index in [4.69, 9.17) is 9.47 Å². The Hall–Kier alpha value is -3.27. The minimum atomic E-state index is -0.171. The normalized spacial score (nSPS) is 10.6. The van der Waals surface area contributed by atoms with Gasteiger partial charge in [-0.15, -0.1) is 0 Å². The lowest BCUT2D eigenvalue weighted by Gasteiger charge is -2.11. The molecule has 1 amide bonds. The fraction of sp³-hybridized carbons (Fsp3) is 0.240. The first-order valence-corrected chi connectivity index (χ1v) is 9.95. The predicted octanol–water partition coefficient (Wildman–Crippen LogP) is 5.74. The molecule has 0 aliphatic heterocycles. The fourth-order valence-electron chi connectivity index (χ4n) is 2.93. The van der Waals surface area contributed by atoms with Crippen molar-refractivity contribution in [3.05, 3.63) is 90.0 Å². The van der Waals surface area contributed by atoms with E-state index in [1.165, 1.54) is 5.56 Å². The summed E-state index contributed by atoms with van der Waals surface area (Å²) in [5.41, 5.74) is 2.60. The molecular formula is C25H27NO3. The van der Waals surface area contributed by atoms with Crippen LogP contribution >= 0.6 is 0 Å². The van der Waals surface area contributed by atoms with Gasteiger partial charge in [-0.2, -0.15) is 0 Å². The third kappa shape index (κ3) is 6.68. The molecule has 0 aliphatic carbocycles. The van der Waals surface area contributed by atoms with Crippen LogP contribution in [0, 0.1) is 0 Å². The van der Waals surface area contributed by atoms with Crippen molar-refractivity contribution in [2.75, 3.05) is 11.9 Å². The van der Waals surface area contributed by atoms with E-state index in [9.17, 15) is 4.79 Å². The number of hydrogen-bond acceptors (Lipinski definition) is 3. The fourth-order valence-corrected chi connectivity index (χ4v) is 2.93. The largest absolute Gasteiger partial charge is 0.494 e. The monoisotopic (exact) mass is 389 g/mol. The minimum absolute atomic E-state index is 0.0635. The Bertz CT molecular complexity index is 905. The number of benzene rings is 3. The highest BCUT2D eigenvalue weighted by molar-refractivity contribution is 6.04. The van der Waals surface area contributed by atoms with Crippen LogP contribution in [0.4, 0.5) is 5.69 Å². The summed E-state index contributed by atoms with van der Waals surface area (Å²) in [6.45, 7) is 4.57. The zero-order chi connectivity index (χ0) is 20.5. The molecule has 0 aliphatic rings. The second-order valence-electron chi connectivity index (χ2n) is 7.11. The summed E-state index contributed by atoms with van der Waals surface area (Å²) < 4.78 is 11.4. The van der Waals surface area contributed by atoms with Crippen molar-refractivity contribution in [3.63, 3.8) is 0 Å². The number of anilines is 1. The average molecular weight is 389 g/mol. The summed E-state index contributed by atoms with van der Waals surface area (Å²) in [5.74, 6) is 1.31. The van der Waals surface area contributed by atoms with Crippen molar-refractivity contribution >= 4 is 11.6 Å².